The SMILES string of the molecule is CCC(CC)Nc1ccc2nnc(-c3ccsc3)n2n1. The summed E-state index contributed by atoms with van der Waals surface area (Å²) < 4.78 is 1.80. The number of hydrogen-bond donors (Lipinski definition) is 1. The van der Waals surface area contributed by atoms with Crippen molar-refractivity contribution in [2.75, 3.05) is 5.32 Å². The molecule has 0 saturated carbocycles. The van der Waals surface area contributed by atoms with Crippen molar-refractivity contribution in [2.45, 2.75) is 32.7 Å². The molecule has 0 fully saturated rings. The summed E-state index contributed by atoms with van der Waals surface area (Å²) in [6, 6.07) is 6.38. The molecule has 3 aromatic heterocycles. The molecule has 0 radical (unpaired) electrons. The normalized spacial score (nSPS) is 11.3. The Morgan fingerprint density at radius 1 is 1.20 bits per heavy atom. The van der Waals surface area contributed by atoms with Crippen molar-refractivity contribution in [1.29, 1.82) is 0 Å². The first-order valence-electron chi connectivity index (χ1n) is 6.83. The summed E-state index contributed by atoms with van der Waals surface area (Å²) in [6.45, 7) is 4.35. The summed E-state index contributed by atoms with van der Waals surface area (Å²) in [6.07, 6.45) is 2.16. The minimum absolute atomic E-state index is 0.445. The Morgan fingerprint density at radius 3 is 2.75 bits per heavy atom. The van der Waals surface area contributed by atoms with Crippen LogP contribution in [0.2, 0.25) is 0 Å². The summed E-state index contributed by atoms with van der Waals surface area (Å²) in [7, 11) is 0. The van der Waals surface area contributed by atoms with Gasteiger partial charge in [-0.3, -0.25) is 0 Å². The molecule has 0 amide bonds. The number of hydrogen-bond acceptors (Lipinski definition) is 5. The maximum absolute atomic E-state index is 4.61. The van der Waals surface area contributed by atoms with Crippen molar-refractivity contribution in [3.8, 4) is 11.4 Å². The van der Waals surface area contributed by atoms with E-state index in [0.717, 1.165) is 35.7 Å². The summed E-state index contributed by atoms with van der Waals surface area (Å²) in [5, 5.41) is 20.5. The van der Waals surface area contributed by atoms with Crippen molar-refractivity contribution in [2.24, 2.45) is 0 Å². The molecular formula is C14H17N5S. The van der Waals surface area contributed by atoms with Crippen molar-refractivity contribution < 1.29 is 0 Å². The van der Waals surface area contributed by atoms with Crippen LogP contribution in [0.1, 0.15) is 26.7 Å². The Morgan fingerprint density at radius 2 is 2.05 bits per heavy atom. The maximum Gasteiger partial charge on any atom is 0.186 e. The molecule has 0 bridgehead atoms. The van der Waals surface area contributed by atoms with Crippen molar-refractivity contribution in [3.05, 3.63) is 29.0 Å². The summed E-state index contributed by atoms with van der Waals surface area (Å²) in [5.41, 5.74) is 1.82. The van der Waals surface area contributed by atoms with Crippen molar-refractivity contribution in [3.63, 3.8) is 0 Å². The number of fused-ring (bicyclic) bond motifs is 1. The number of nitrogens with zero attached hydrogens (tertiary/aromatic N) is 4. The fourth-order valence-corrected chi connectivity index (χ4v) is 2.77. The molecule has 3 rings (SSSR count). The van der Waals surface area contributed by atoms with Gasteiger partial charge < -0.3 is 5.32 Å². The molecular weight excluding hydrogens is 270 g/mol. The molecule has 0 spiro atoms. The van der Waals surface area contributed by atoms with Gasteiger partial charge in [0, 0.05) is 17.0 Å². The Balaban J connectivity index is 1.99. The molecule has 1 N–H and O–H groups in total. The molecule has 5 nitrogen and oxygen atoms in total. The van der Waals surface area contributed by atoms with Crippen LogP contribution in [-0.2, 0) is 0 Å². The third kappa shape index (κ3) is 2.38. The third-order valence-electron chi connectivity index (χ3n) is 3.38. The molecule has 0 aliphatic rings. The number of thiophene rings is 1. The van der Waals surface area contributed by atoms with Crippen molar-refractivity contribution in [1.82, 2.24) is 19.8 Å². The van der Waals surface area contributed by atoms with Crippen LogP contribution in [0.25, 0.3) is 17.0 Å². The van der Waals surface area contributed by atoms with Gasteiger partial charge in [0.15, 0.2) is 11.5 Å². The van der Waals surface area contributed by atoms with Crippen LogP contribution in [-0.4, -0.2) is 25.9 Å². The topological polar surface area (TPSA) is 55.1 Å². The first kappa shape index (κ1) is 13.1. The lowest BCUT2D eigenvalue weighted by atomic mass is 10.2. The second-order valence-corrected chi connectivity index (χ2v) is 5.46. The first-order valence-corrected chi connectivity index (χ1v) is 7.77. The van der Waals surface area contributed by atoms with Gasteiger partial charge in [-0.15, -0.1) is 15.3 Å². The summed E-state index contributed by atoms with van der Waals surface area (Å²) >= 11 is 1.64. The van der Waals surface area contributed by atoms with Crippen LogP contribution in [0.15, 0.2) is 29.0 Å². The lowest BCUT2D eigenvalue weighted by Crippen LogP contribution is -2.18. The van der Waals surface area contributed by atoms with Crippen LogP contribution in [0.4, 0.5) is 5.82 Å². The zero-order chi connectivity index (χ0) is 13.9. The minimum Gasteiger partial charge on any atom is -0.366 e. The van der Waals surface area contributed by atoms with E-state index in [9.17, 15) is 0 Å². The molecule has 6 heteroatoms. The third-order valence-corrected chi connectivity index (χ3v) is 4.06. The van der Waals surface area contributed by atoms with Gasteiger partial charge in [0.1, 0.15) is 5.82 Å². The zero-order valence-corrected chi connectivity index (χ0v) is 12.4. The van der Waals surface area contributed by atoms with Gasteiger partial charge in [0.05, 0.1) is 0 Å². The second kappa shape index (κ2) is 5.58. The van der Waals surface area contributed by atoms with E-state index in [-0.39, 0.29) is 0 Å². The maximum atomic E-state index is 4.61. The van der Waals surface area contributed by atoms with E-state index in [4.69, 9.17) is 0 Å². The molecule has 0 saturated heterocycles. The van der Waals surface area contributed by atoms with E-state index >= 15 is 0 Å². The van der Waals surface area contributed by atoms with Gasteiger partial charge in [-0.2, -0.15) is 15.9 Å². The largest absolute Gasteiger partial charge is 0.366 e. The molecule has 0 aromatic carbocycles. The first-order chi connectivity index (χ1) is 9.81. The van der Waals surface area contributed by atoms with Crippen LogP contribution >= 0.6 is 11.3 Å². The smallest absolute Gasteiger partial charge is 0.186 e. The molecule has 104 valence electrons. The standard InChI is InChI=1S/C14H17N5S/c1-3-11(4-2)15-12-5-6-13-16-17-14(19(13)18-12)10-7-8-20-9-10/h5-9,11H,3-4H2,1-2H3,(H,15,18). The van der Waals surface area contributed by atoms with Crippen LogP contribution in [0.3, 0.4) is 0 Å². The fourth-order valence-electron chi connectivity index (χ4n) is 2.14. The van der Waals surface area contributed by atoms with Crippen molar-refractivity contribution >= 4 is 22.8 Å². The fraction of sp³-hybridized carbons (Fsp3) is 0.357. The molecule has 20 heavy (non-hydrogen) atoms. The van der Waals surface area contributed by atoms with Gasteiger partial charge in [0.25, 0.3) is 0 Å². The summed E-state index contributed by atoms with van der Waals surface area (Å²) in [5.74, 6) is 1.65. The average Bonchev–Trinajstić information content (AvgIpc) is 3.12. The van der Waals surface area contributed by atoms with E-state index in [2.05, 4.69) is 39.8 Å². The van der Waals surface area contributed by atoms with E-state index in [1.54, 1.807) is 15.9 Å². The highest BCUT2D eigenvalue weighted by Crippen LogP contribution is 2.21. The molecule has 0 unspecified atom stereocenters. The highest BCUT2D eigenvalue weighted by atomic mass is 32.1. The Hall–Kier alpha value is -1.95. The number of anilines is 1. The number of aromatic nitrogens is 4. The zero-order valence-electron chi connectivity index (χ0n) is 11.6. The quantitative estimate of drug-likeness (QED) is 0.781. The van der Waals surface area contributed by atoms with Gasteiger partial charge in [-0.05, 0) is 36.4 Å². The highest BCUT2D eigenvalue weighted by Gasteiger charge is 2.11. The van der Waals surface area contributed by atoms with Gasteiger partial charge in [-0.25, -0.2) is 0 Å². The lowest BCUT2D eigenvalue weighted by molar-refractivity contribution is 0.665. The van der Waals surface area contributed by atoms with E-state index in [1.807, 2.05) is 23.6 Å². The molecule has 0 aliphatic heterocycles. The average molecular weight is 287 g/mol. The lowest BCUT2D eigenvalue weighted by Gasteiger charge is -2.15. The van der Waals surface area contributed by atoms with Gasteiger partial charge >= 0.3 is 0 Å². The predicted octanol–water partition coefficient (Wildman–Crippen LogP) is 3.45. The Labute approximate surface area is 121 Å². The van der Waals surface area contributed by atoms with Crippen LogP contribution < -0.4 is 5.32 Å². The Bertz CT molecular complexity index is 685. The number of nitrogens with one attached hydrogen (secondary N) is 1. The highest BCUT2D eigenvalue weighted by molar-refractivity contribution is 7.08. The molecule has 0 atom stereocenters. The van der Waals surface area contributed by atoms with Crippen LogP contribution in [0.5, 0.6) is 0 Å². The Kier molecular flexibility index (Phi) is 3.64. The van der Waals surface area contributed by atoms with Gasteiger partial charge in [-0.1, -0.05) is 13.8 Å². The molecule has 3 heterocycles. The minimum atomic E-state index is 0.445. The predicted molar refractivity (Wildman–Crippen MR) is 82.1 cm³/mol. The van der Waals surface area contributed by atoms with Gasteiger partial charge in [0.2, 0.25) is 0 Å². The van der Waals surface area contributed by atoms with Crippen LogP contribution in [0, 0.1) is 0 Å². The molecule has 0 aliphatic carbocycles. The second-order valence-electron chi connectivity index (χ2n) is 4.68. The van der Waals surface area contributed by atoms with E-state index in [0.29, 0.717) is 6.04 Å². The molecule has 3 aromatic rings. The van der Waals surface area contributed by atoms with E-state index < -0.39 is 0 Å². The summed E-state index contributed by atoms with van der Waals surface area (Å²) in [4.78, 5) is 0. The van der Waals surface area contributed by atoms with E-state index in [1.165, 1.54) is 0 Å². The number of rotatable bonds is 5. The monoisotopic (exact) mass is 287 g/mol.